The monoisotopic (exact) mass is 487 g/mol. The van der Waals surface area contributed by atoms with Gasteiger partial charge >= 0.3 is 5.97 Å². The van der Waals surface area contributed by atoms with Crippen molar-refractivity contribution in [1.82, 2.24) is 5.32 Å². The van der Waals surface area contributed by atoms with Crippen LogP contribution in [0.4, 0.5) is 11.4 Å². The SMILES string of the molecule is CCOC(=O)c1ccc(NC(=O)[C@@H](NC(=O)c2ccccc2NC(=O)c2ccccc2)C(C)C)cc1. The van der Waals surface area contributed by atoms with Gasteiger partial charge in [0.2, 0.25) is 5.91 Å². The average Bonchev–Trinajstić information content (AvgIpc) is 2.88. The highest BCUT2D eigenvalue weighted by Gasteiger charge is 2.26. The number of benzene rings is 3. The van der Waals surface area contributed by atoms with E-state index in [-0.39, 0.29) is 24.0 Å². The molecule has 1 atom stereocenters. The van der Waals surface area contributed by atoms with E-state index in [0.29, 0.717) is 22.5 Å². The highest BCUT2D eigenvalue weighted by atomic mass is 16.5. The van der Waals surface area contributed by atoms with Gasteiger partial charge in [-0.25, -0.2) is 4.79 Å². The molecule has 3 N–H and O–H groups in total. The number of para-hydroxylation sites is 1. The minimum absolute atomic E-state index is 0.223. The lowest BCUT2D eigenvalue weighted by Crippen LogP contribution is -2.47. The number of rotatable bonds is 9. The molecule has 0 spiro atoms. The van der Waals surface area contributed by atoms with Crippen molar-refractivity contribution in [2.75, 3.05) is 17.2 Å². The van der Waals surface area contributed by atoms with E-state index in [9.17, 15) is 19.2 Å². The van der Waals surface area contributed by atoms with Crippen molar-refractivity contribution >= 4 is 35.1 Å². The first-order valence-electron chi connectivity index (χ1n) is 11.6. The van der Waals surface area contributed by atoms with E-state index in [2.05, 4.69) is 16.0 Å². The van der Waals surface area contributed by atoms with Crippen molar-refractivity contribution in [3.63, 3.8) is 0 Å². The van der Waals surface area contributed by atoms with Crippen LogP contribution in [0.1, 0.15) is 51.8 Å². The Kier molecular flexibility index (Phi) is 8.94. The first-order valence-corrected chi connectivity index (χ1v) is 11.6. The van der Waals surface area contributed by atoms with Crippen molar-refractivity contribution < 1.29 is 23.9 Å². The van der Waals surface area contributed by atoms with Crippen LogP contribution in [0.3, 0.4) is 0 Å². The van der Waals surface area contributed by atoms with Gasteiger partial charge in [-0.2, -0.15) is 0 Å². The summed E-state index contributed by atoms with van der Waals surface area (Å²) < 4.78 is 4.96. The fourth-order valence-corrected chi connectivity index (χ4v) is 3.45. The van der Waals surface area contributed by atoms with Gasteiger partial charge in [-0.1, -0.05) is 44.2 Å². The van der Waals surface area contributed by atoms with Gasteiger partial charge in [0.15, 0.2) is 0 Å². The molecule has 186 valence electrons. The molecular weight excluding hydrogens is 458 g/mol. The van der Waals surface area contributed by atoms with E-state index in [1.165, 1.54) is 0 Å². The highest BCUT2D eigenvalue weighted by molar-refractivity contribution is 6.10. The van der Waals surface area contributed by atoms with E-state index < -0.39 is 23.8 Å². The van der Waals surface area contributed by atoms with Crippen LogP contribution >= 0.6 is 0 Å². The van der Waals surface area contributed by atoms with Crippen LogP contribution < -0.4 is 16.0 Å². The van der Waals surface area contributed by atoms with Crippen LogP contribution in [0.25, 0.3) is 0 Å². The van der Waals surface area contributed by atoms with Gasteiger partial charge < -0.3 is 20.7 Å². The summed E-state index contributed by atoms with van der Waals surface area (Å²) in [4.78, 5) is 50.6. The molecule has 0 aliphatic heterocycles. The number of amides is 3. The maximum absolute atomic E-state index is 13.1. The van der Waals surface area contributed by atoms with Crippen LogP contribution in [0.15, 0.2) is 78.9 Å². The van der Waals surface area contributed by atoms with Gasteiger partial charge in [-0.15, -0.1) is 0 Å². The molecule has 0 aliphatic carbocycles. The van der Waals surface area contributed by atoms with Crippen molar-refractivity contribution in [3.05, 3.63) is 95.6 Å². The van der Waals surface area contributed by atoms with Gasteiger partial charge in [0.1, 0.15) is 6.04 Å². The van der Waals surface area contributed by atoms with Crippen LogP contribution in [0, 0.1) is 5.92 Å². The second-order valence-electron chi connectivity index (χ2n) is 8.35. The number of ether oxygens (including phenoxy) is 1. The second-order valence-corrected chi connectivity index (χ2v) is 8.35. The minimum Gasteiger partial charge on any atom is -0.462 e. The number of nitrogens with one attached hydrogen (secondary N) is 3. The van der Waals surface area contributed by atoms with Gasteiger partial charge in [-0.05, 0) is 61.4 Å². The van der Waals surface area contributed by atoms with E-state index in [1.54, 1.807) is 79.7 Å². The van der Waals surface area contributed by atoms with Gasteiger partial charge in [0.05, 0.1) is 23.4 Å². The number of hydrogen-bond acceptors (Lipinski definition) is 5. The summed E-state index contributed by atoms with van der Waals surface area (Å²) in [6.07, 6.45) is 0. The van der Waals surface area contributed by atoms with Crippen LogP contribution in [0.2, 0.25) is 0 Å². The Bertz CT molecular complexity index is 1220. The smallest absolute Gasteiger partial charge is 0.338 e. The molecule has 0 saturated heterocycles. The number of esters is 1. The summed E-state index contributed by atoms with van der Waals surface area (Å²) in [5.41, 5.74) is 1.88. The van der Waals surface area contributed by atoms with E-state index in [0.717, 1.165) is 0 Å². The van der Waals surface area contributed by atoms with Gasteiger partial charge in [-0.3, -0.25) is 14.4 Å². The molecule has 8 nitrogen and oxygen atoms in total. The highest BCUT2D eigenvalue weighted by Crippen LogP contribution is 2.18. The Labute approximate surface area is 210 Å². The zero-order valence-electron chi connectivity index (χ0n) is 20.4. The molecule has 0 fully saturated rings. The predicted octanol–water partition coefficient (Wildman–Crippen LogP) is 4.51. The zero-order valence-corrected chi connectivity index (χ0v) is 20.4. The van der Waals surface area contributed by atoms with Crippen molar-refractivity contribution in [2.45, 2.75) is 26.8 Å². The second kappa shape index (κ2) is 12.3. The maximum atomic E-state index is 13.1. The fraction of sp³-hybridized carbons (Fsp3) is 0.214. The van der Waals surface area contributed by atoms with E-state index >= 15 is 0 Å². The molecule has 36 heavy (non-hydrogen) atoms. The molecule has 3 aromatic rings. The minimum atomic E-state index is -0.847. The maximum Gasteiger partial charge on any atom is 0.338 e. The topological polar surface area (TPSA) is 114 Å². The predicted molar refractivity (Wildman–Crippen MR) is 138 cm³/mol. The van der Waals surface area contributed by atoms with E-state index in [1.807, 2.05) is 19.9 Å². The Morgan fingerprint density at radius 2 is 1.39 bits per heavy atom. The first-order chi connectivity index (χ1) is 17.3. The molecule has 3 amide bonds. The molecule has 3 aromatic carbocycles. The summed E-state index contributed by atoms with van der Waals surface area (Å²) in [7, 11) is 0. The standard InChI is InChI=1S/C28H29N3O5/c1-4-36-28(35)20-14-16-21(17-15-20)29-27(34)24(18(2)3)31-26(33)22-12-8-9-13-23(22)30-25(32)19-10-6-5-7-11-19/h5-18,24H,4H2,1-3H3,(H,29,34)(H,30,32)(H,31,33)/t24-/m0/s1. The quantitative estimate of drug-likeness (QED) is 0.385. The first kappa shape index (κ1) is 26.2. The third-order valence-electron chi connectivity index (χ3n) is 5.36. The normalized spacial score (nSPS) is 11.3. The Morgan fingerprint density at radius 3 is 2.03 bits per heavy atom. The molecule has 0 bridgehead atoms. The van der Waals surface area contributed by atoms with Gasteiger partial charge in [0, 0.05) is 11.3 Å². The Hall–Kier alpha value is -4.46. The number of hydrogen-bond donors (Lipinski definition) is 3. The largest absolute Gasteiger partial charge is 0.462 e. The third-order valence-corrected chi connectivity index (χ3v) is 5.36. The summed E-state index contributed by atoms with van der Waals surface area (Å²) in [6.45, 7) is 5.63. The molecule has 0 heterocycles. The lowest BCUT2D eigenvalue weighted by molar-refractivity contribution is -0.118. The Morgan fingerprint density at radius 1 is 0.750 bits per heavy atom. The summed E-state index contributed by atoms with van der Waals surface area (Å²) in [5.74, 6) is -1.92. The number of carbonyl (C=O) groups excluding carboxylic acids is 4. The third kappa shape index (κ3) is 6.79. The summed E-state index contributed by atoms with van der Waals surface area (Å²) in [5, 5.41) is 8.31. The number of carbonyl (C=O) groups is 4. The fourth-order valence-electron chi connectivity index (χ4n) is 3.45. The van der Waals surface area contributed by atoms with Crippen molar-refractivity contribution in [2.24, 2.45) is 5.92 Å². The molecule has 3 rings (SSSR count). The Balaban J connectivity index is 1.71. The lowest BCUT2D eigenvalue weighted by atomic mass is 10.0. The van der Waals surface area contributed by atoms with E-state index in [4.69, 9.17) is 4.74 Å². The van der Waals surface area contributed by atoms with Gasteiger partial charge in [0.25, 0.3) is 11.8 Å². The molecular formula is C28H29N3O5. The zero-order chi connectivity index (χ0) is 26.1. The number of anilines is 2. The molecule has 0 aromatic heterocycles. The molecule has 0 unspecified atom stereocenters. The summed E-state index contributed by atoms with van der Waals surface area (Å²) >= 11 is 0. The lowest BCUT2D eigenvalue weighted by Gasteiger charge is -2.22. The molecule has 8 heteroatoms. The van der Waals surface area contributed by atoms with Crippen LogP contribution in [-0.4, -0.2) is 36.3 Å². The van der Waals surface area contributed by atoms with Crippen molar-refractivity contribution in [1.29, 1.82) is 0 Å². The molecule has 0 radical (unpaired) electrons. The molecule has 0 aliphatic rings. The average molecular weight is 488 g/mol. The van der Waals surface area contributed by atoms with Crippen LogP contribution in [0.5, 0.6) is 0 Å². The molecule has 0 saturated carbocycles. The van der Waals surface area contributed by atoms with Crippen molar-refractivity contribution in [3.8, 4) is 0 Å². The van der Waals surface area contributed by atoms with Crippen LogP contribution in [-0.2, 0) is 9.53 Å². The summed E-state index contributed by atoms with van der Waals surface area (Å²) in [6, 6.07) is 20.7.